The zero-order chi connectivity index (χ0) is 24.2. The molecule has 0 amide bonds. The van der Waals surface area contributed by atoms with E-state index in [-0.39, 0.29) is 16.4 Å². The Morgan fingerprint density at radius 3 is 2.15 bits per heavy atom. The Labute approximate surface area is 195 Å². The molecule has 1 unspecified atom stereocenters. The van der Waals surface area contributed by atoms with Crippen LogP contribution in [0.5, 0.6) is 5.75 Å². The summed E-state index contributed by atoms with van der Waals surface area (Å²) in [5.41, 5.74) is 7.39. The quantitative estimate of drug-likeness (QED) is 0.658. The molecule has 0 aliphatic carbocycles. The molecule has 1 atom stereocenters. The molecule has 174 valence electrons. The normalized spacial score (nSPS) is 19.2. The molecule has 4 rings (SSSR count). The highest BCUT2D eigenvalue weighted by molar-refractivity contribution is 7.95. The number of esters is 1. The van der Waals surface area contributed by atoms with Gasteiger partial charge >= 0.3 is 5.97 Å². The Kier molecular flexibility index (Phi) is 5.65. The molecule has 0 saturated heterocycles. The topological polar surface area (TPSA) is 81.7 Å². The molecular formula is C26H29NO5S. The molecule has 7 heteroatoms. The van der Waals surface area contributed by atoms with Crippen LogP contribution in [0, 0.1) is 34.6 Å². The van der Waals surface area contributed by atoms with E-state index in [1.54, 1.807) is 31.2 Å². The van der Waals surface area contributed by atoms with Crippen LogP contribution in [0.4, 0.5) is 0 Å². The van der Waals surface area contributed by atoms with Gasteiger partial charge in [0.1, 0.15) is 17.3 Å². The zero-order valence-corrected chi connectivity index (χ0v) is 20.9. The Bertz CT molecular complexity index is 1340. The van der Waals surface area contributed by atoms with Gasteiger partial charge in [-0.3, -0.25) is 0 Å². The molecule has 2 heterocycles. The van der Waals surface area contributed by atoms with Gasteiger partial charge in [-0.15, -0.1) is 0 Å². The van der Waals surface area contributed by atoms with E-state index >= 15 is 0 Å². The number of rotatable bonds is 2. The Balaban J connectivity index is 2.13. The number of allylic oxidation sites excluding steroid dienone is 2. The standard InChI is InChI=1S/C26H29NO5S/c1-13-14(2)16(4)22(17(5)15(13)3)24-23(26(28)31-7)18(6)27-19-12-32-20-10-8-9-11-21(20)33(29,30)25(19)24/h8-11,24,27H,12H2,1-7H3. The van der Waals surface area contributed by atoms with Crippen molar-refractivity contribution in [2.75, 3.05) is 13.7 Å². The minimum atomic E-state index is -3.99. The molecule has 0 radical (unpaired) electrons. The van der Waals surface area contributed by atoms with E-state index in [0.717, 1.165) is 33.4 Å². The van der Waals surface area contributed by atoms with Crippen LogP contribution in [0.3, 0.4) is 0 Å². The fourth-order valence-corrected chi connectivity index (χ4v) is 6.85. The Morgan fingerprint density at radius 2 is 1.55 bits per heavy atom. The fraction of sp³-hybridized carbons (Fsp3) is 0.346. The molecule has 1 N–H and O–H groups in total. The summed E-state index contributed by atoms with van der Waals surface area (Å²) in [6, 6.07) is 6.62. The molecule has 33 heavy (non-hydrogen) atoms. The van der Waals surface area contributed by atoms with Crippen molar-refractivity contribution in [1.29, 1.82) is 0 Å². The smallest absolute Gasteiger partial charge is 0.336 e. The summed E-state index contributed by atoms with van der Waals surface area (Å²) >= 11 is 0. The highest BCUT2D eigenvalue weighted by Gasteiger charge is 2.45. The third-order valence-corrected chi connectivity index (χ3v) is 9.12. The third kappa shape index (κ3) is 3.37. The number of sulfone groups is 1. The van der Waals surface area contributed by atoms with E-state index in [9.17, 15) is 13.2 Å². The van der Waals surface area contributed by atoms with Gasteiger partial charge in [0, 0.05) is 5.70 Å². The van der Waals surface area contributed by atoms with Crippen LogP contribution in [-0.4, -0.2) is 28.1 Å². The number of para-hydroxylation sites is 1. The number of carbonyl (C=O) groups excluding carboxylic acids is 1. The van der Waals surface area contributed by atoms with Gasteiger partial charge in [-0.05, 0) is 87.1 Å². The van der Waals surface area contributed by atoms with Gasteiger partial charge in [0.15, 0.2) is 0 Å². The first-order valence-electron chi connectivity index (χ1n) is 10.8. The van der Waals surface area contributed by atoms with Crippen molar-refractivity contribution in [2.24, 2.45) is 0 Å². The Hall–Kier alpha value is -3.06. The summed E-state index contributed by atoms with van der Waals surface area (Å²) in [6.07, 6.45) is 0. The number of fused-ring (bicyclic) bond motifs is 1. The first-order valence-corrected chi connectivity index (χ1v) is 12.3. The monoisotopic (exact) mass is 467 g/mol. The molecule has 2 aromatic carbocycles. The molecule has 2 aliphatic heterocycles. The molecule has 2 aromatic rings. The second-order valence-corrected chi connectivity index (χ2v) is 10.6. The van der Waals surface area contributed by atoms with Crippen molar-refractivity contribution in [3.8, 4) is 5.75 Å². The minimum absolute atomic E-state index is 0.0514. The maximum Gasteiger partial charge on any atom is 0.336 e. The molecular weight excluding hydrogens is 438 g/mol. The summed E-state index contributed by atoms with van der Waals surface area (Å²) < 4.78 is 39.3. The van der Waals surface area contributed by atoms with Gasteiger partial charge in [0.2, 0.25) is 9.84 Å². The van der Waals surface area contributed by atoms with Crippen LogP contribution >= 0.6 is 0 Å². The van der Waals surface area contributed by atoms with Crippen molar-refractivity contribution in [1.82, 2.24) is 5.32 Å². The number of benzene rings is 2. The summed E-state index contributed by atoms with van der Waals surface area (Å²) in [6.45, 7) is 11.9. The summed E-state index contributed by atoms with van der Waals surface area (Å²) in [4.78, 5) is 13.3. The van der Waals surface area contributed by atoms with Crippen molar-refractivity contribution < 1.29 is 22.7 Å². The lowest BCUT2D eigenvalue weighted by molar-refractivity contribution is -0.136. The molecule has 0 saturated carbocycles. The SMILES string of the molecule is COC(=O)C1=C(C)NC2=C(C1c1c(C)c(C)c(C)c(C)c1C)S(=O)(=O)c1ccccc1OC2. The molecule has 0 fully saturated rings. The summed E-state index contributed by atoms with van der Waals surface area (Å²) in [5.74, 6) is -1.07. The van der Waals surface area contributed by atoms with E-state index in [2.05, 4.69) is 12.2 Å². The lowest BCUT2D eigenvalue weighted by Crippen LogP contribution is -2.34. The highest BCUT2D eigenvalue weighted by atomic mass is 32.2. The van der Waals surface area contributed by atoms with Gasteiger partial charge in [-0.2, -0.15) is 0 Å². The number of ether oxygens (including phenoxy) is 2. The average molecular weight is 468 g/mol. The van der Waals surface area contributed by atoms with Crippen LogP contribution in [-0.2, 0) is 19.4 Å². The summed E-state index contributed by atoms with van der Waals surface area (Å²) in [7, 11) is -2.68. The number of methoxy groups -OCH3 is 1. The molecule has 0 spiro atoms. The zero-order valence-electron chi connectivity index (χ0n) is 20.0. The number of hydrogen-bond acceptors (Lipinski definition) is 6. The van der Waals surface area contributed by atoms with Crippen molar-refractivity contribution in [3.05, 3.63) is 79.5 Å². The minimum Gasteiger partial charge on any atom is -0.486 e. The van der Waals surface area contributed by atoms with E-state index < -0.39 is 21.7 Å². The Morgan fingerprint density at radius 1 is 0.970 bits per heavy atom. The van der Waals surface area contributed by atoms with Gasteiger partial charge in [-0.25, -0.2) is 13.2 Å². The fourth-order valence-electron chi connectivity index (χ4n) is 4.98. The average Bonchev–Trinajstić information content (AvgIpc) is 2.90. The third-order valence-electron chi connectivity index (χ3n) is 7.14. The van der Waals surface area contributed by atoms with Gasteiger partial charge in [-0.1, -0.05) is 12.1 Å². The van der Waals surface area contributed by atoms with Crippen LogP contribution < -0.4 is 10.1 Å². The van der Waals surface area contributed by atoms with Crippen molar-refractivity contribution >= 4 is 15.8 Å². The van der Waals surface area contributed by atoms with Crippen molar-refractivity contribution in [3.63, 3.8) is 0 Å². The molecule has 0 aromatic heterocycles. The molecule has 2 aliphatic rings. The van der Waals surface area contributed by atoms with Gasteiger partial charge < -0.3 is 14.8 Å². The van der Waals surface area contributed by atoms with E-state index in [0.29, 0.717) is 22.7 Å². The second-order valence-electron chi connectivity index (χ2n) is 8.71. The van der Waals surface area contributed by atoms with Crippen LogP contribution in [0.15, 0.2) is 51.0 Å². The van der Waals surface area contributed by atoms with E-state index in [4.69, 9.17) is 9.47 Å². The largest absolute Gasteiger partial charge is 0.486 e. The molecule has 0 bridgehead atoms. The number of hydrogen-bond donors (Lipinski definition) is 1. The van der Waals surface area contributed by atoms with Gasteiger partial charge in [0.25, 0.3) is 0 Å². The second kappa shape index (κ2) is 8.06. The summed E-state index contributed by atoms with van der Waals surface area (Å²) in [5, 5.41) is 3.15. The number of dihydropyridines is 1. The van der Waals surface area contributed by atoms with Crippen LogP contribution in [0.1, 0.15) is 46.2 Å². The number of carbonyl (C=O) groups is 1. The lowest BCUT2D eigenvalue weighted by atomic mass is 9.78. The first kappa shape index (κ1) is 23.1. The van der Waals surface area contributed by atoms with Crippen LogP contribution in [0.2, 0.25) is 0 Å². The van der Waals surface area contributed by atoms with E-state index in [1.807, 2.05) is 27.7 Å². The molecule has 6 nitrogen and oxygen atoms in total. The maximum atomic E-state index is 14.1. The predicted octanol–water partition coefficient (Wildman–Crippen LogP) is 4.44. The van der Waals surface area contributed by atoms with Crippen molar-refractivity contribution in [2.45, 2.75) is 52.4 Å². The maximum absolute atomic E-state index is 14.1. The number of nitrogens with one attached hydrogen (secondary N) is 1. The lowest BCUT2D eigenvalue weighted by Gasteiger charge is -2.33. The predicted molar refractivity (Wildman–Crippen MR) is 127 cm³/mol. The first-order chi connectivity index (χ1) is 15.5. The van der Waals surface area contributed by atoms with Gasteiger partial charge in [0.05, 0.1) is 29.2 Å². The highest BCUT2D eigenvalue weighted by Crippen LogP contribution is 2.48. The van der Waals surface area contributed by atoms with Crippen LogP contribution in [0.25, 0.3) is 0 Å². The van der Waals surface area contributed by atoms with E-state index in [1.165, 1.54) is 7.11 Å².